The molecule has 1 fully saturated rings. The Morgan fingerprint density at radius 2 is 1.97 bits per heavy atom. The molecule has 3 aliphatic rings. The van der Waals surface area contributed by atoms with Crippen molar-refractivity contribution in [2.75, 3.05) is 13.1 Å². The summed E-state index contributed by atoms with van der Waals surface area (Å²) in [6.07, 6.45) is 8.93. The van der Waals surface area contributed by atoms with Gasteiger partial charge in [0.1, 0.15) is 12.4 Å². The second kappa shape index (κ2) is 7.42. The molecule has 1 aromatic carbocycles. The van der Waals surface area contributed by atoms with Crippen LogP contribution in [0.1, 0.15) is 53.4 Å². The van der Waals surface area contributed by atoms with Gasteiger partial charge in [-0.05, 0) is 60.9 Å². The van der Waals surface area contributed by atoms with Gasteiger partial charge in [0.2, 0.25) is 0 Å². The Hall–Kier alpha value is -3.33. The van der Waals surface area contributed by atoms with E-state index in [-0.39, 0.29) is 29.1 Å². The molecule has 0 unspecified atom stereocenters. The van der Waals surface area contributed by atoms with Crippen molar-refractivity contribution in [3.8, 4) is 6.07 Å². The molecular formula is C25H24N4O2. The highest BCUT2D eigenvalue weighted by atomic mass is 16.2. The normalized spacial score (nSPS) is 27.2. The first-order valence-electron chi connectivity index (χ1n) is 10.9. The smallest absolute Gasteiger partial charge is 0.253 e. The quantitative estimate of drug-likeness (QED) is 0.756. The lowest BCUT2D eigenvalue weighted by Gasteiger charge is -2.47. The Labute approximate surface area is 181 Å². The van der Waals surface area contributed by atoms with E-state index in [9.17, 15) is 14.9 Å². The number of nitriles is 1. The van der Waals surface area contributed by atoms with Crippen molar-refractivity contribution >= 4 is 11.7 Å². The van der Waals surface area contributed by atoms with E-state index < -0.39 is 5.41 Å². The van der Waals surface area contributed by atoms with E-state index in [0.717, 1.165) is 55.6 Å². The van der Waals surface area contributed by atoms with Gasteiger partial charge in [0.15, 0.2) is 5.78 Å². The van der Waals surface area contributed by atoms with E-state index in [4.69, 9.17) is 0 Å². The van der Waals surface area contributed by atoms with Gasteiger partial charge in [0, 0.05) is 30.8 Å². The summed E-state index contributed by atoms with van der Waals surface area (Å²) < 4.78 is 0. The number of carbonyl (C=O) groups is 2. The van der Waals surface area contributed by atoms with Gasteiger partial charge in [-0.3, -0.25) is 9.59 Å². The van der Waals surface area contributed by atoms with Crippen LogP contribution in [0, 0.1) is 23.2 Å². The van der Waals surface area contributed by atoms with Crippen LogP contribution in [0.25, 0.3) is 0 Å². The number of nitrogens with zero attached hydrogens (tertiary/aromatic N) is 4. The van der Waals surface area contributed by atoms with Crippen LogP contribution in [0.2, 0.25) is 0 Å². The number of carbonyl (C=O) groups excluding carboxylic acids is 2. The maximum atomic E-state index is 12.8. The highest BCUT2D eigenvalue weighted by molar-refractivity contribution is 6.02. The predicted octanol–water partition coefficient (Wildman–Crippen LogP) is 3.23. The average Bonchev–Trinajstić information content (AvgIpc) is 3.36. The zero-order valence-electron chi connectivity index (χ0n) is 17.5. The standard InChI is InChI=1S/C25H24N4O2/c1-16-21-9-6-18-14-27-15-28-23(18)25(21,12-19(13-26)22(16)30)20-7-4-17(5-8-20)24(31)29-10-2-3-11-29/h4-5,7-8,12,14-16,21H,2-3,6,9-11H2,1H3/t16-,21-,25+/m0/s1. The Morgan fingerprint density at radius 1 is 1.23 bits per heavy atom. The highest BCUT2D eigenvalue weighted by Gasteiger charge is 2.52. The van der Waals surface area contributed by atoms with Crippen molar-refractivity contribution in [1.29, 1.82) is 5.26 Å². The van der Waals surface area contributed by atoms with Crippen LogP contribution in [0.5, 0.6) is 0 Å². The van der Waals surface area contributed by atoms with Crippen molar-refractivity contribution in [2.45, 2.75) is 38.0 Å². The van der Waals surface area contributed by atoms with Crippen LogP contribution < -0.4 is 0 Å². The van der Waals surface area contributed by atoms with Crippen LogP contribution in [0.4, 0.5) is 0 Å². The molecule has 2 aromatic rings. The zero-order chi connectivity index (χ0) is 21.6. The summed E-state index contributed by atoms with van der Waals surface area (Å²) in [6, 6.07) is 9.81. The number of Topliss-reactive ketones (excluding diaryl/α,β-unsaturated/α-hetero) is 1. The second-order valence-corrected chi connectivity index (χ2v) is 8.81. The largest absolute Gasteiger partial charge is 0.339 e. The van der Waals surface area contributed by atoms with E-state index in [2.05, 4.69) is 16.0 Å². The number of hydrogen-bond donors (Lipinski definition) is 0. The summed E-state index contributed by atoms with van der Waals surface area (Å²) in [5, 5.41) is 9.69. The zero-order valence-corrected chi connectivity index (χ0v) is 17.5. The molecule has 0 spiro atoms. The lowest BCUT2D eigenvalue weighted by molar-refractivity contribution is -0.121. The molecule has 2 heterocycles. The van der Waals surface area contributed by atoms with E-state index in [1.165, 1.54) is 6.33 Å². The van der Waals surface area contributed by atoms with Gasteiger partial charge >= 0.3 is 0 Å². The fourth-order valence-electron chi connectivity index (χ4n) is 5.69. The SMILES string of the molecule is C[C@@H]1C(=O)C(C#N)=C[C@]2(c3ccc(C(=O)N4CCCC4)cc3)c3ncncc3CC[C@@H]12. The van der Waals surface area contributed by atoms with Crippen LogP contribution in [0.3, 0.4) is 0 Å². The summed E-state index contributed by atoms with van der Waals surface area (Å²) in [5.74, 6) is -0.320. The summed E-state index contributed by atoms with van der Waals surface area (Å²) >= 11 is 0. The van der Waals surface area contributed by atoms with Crippen molar-refractivity contribution in [3.05, 3.63) is 70.8 Å². The molecule has 1 aliphatic heterocycles. The molecule has 0 saturated carbocycles. The first-order valence-corrected chi connectivity index (χ1v) is 10.9. The number of fused-ring (bicyclic) bond motifs is 3. The van der Waals surface area contributed by atoms with Gasteiger partial charge in [-0.25, -0.2) is 9.97 Å². The number of aromatic nitrogens is 2. The topological polar surface area (TPSA) is 87.0 Å². The molecule has 31 heavy (non-hydrogen) atoms. The van der Waals surface area contributed by atoms with Gasteiger partial charge in [-0.15, -0.1) is 0 Å². The van der Waals surface area contributed by atoms with Crippen molar-refractivity contribution < 1.29 is 9.59 Å². The molecule has 3 atom stereocenters. The number of aryl methyl sites for hydroxylation is 1. The lowest BCUT2D eigenvalue weighted by Crippen LogP contribution is -2.48. The molecule has 1 aromatic heterocycles. The second-order valence-electron chi connectivity index (χ2n) is 8.81. The van der Waals surface area contributed by atoms with Gasteiger partial charge in [0.05, 0.1) is 16.7 Å². The minimum Gasteiger partial charge on any atom is -0.339 e. The number of allylic oxidation sites excluding steroid dienone is 2. The molecule has 0 bridgehead atoms. The Morgan fingerprint density at radius 3 is 2.68 bits per heavy atom. The van der Waals surface area contributed by atoms with Gasteiger partial charge in [-0.2, -0.15) is 5.26 Å². The van der Waals surface area contributed by atoms with E-state index in [1.807, 2.05) is 48.4 Å². The number of likely N-dealkylation sites (tertiary alicyclic amines) is 1. The molecule has 5 rings (SSSR count). The third kappa shape index (κ3) is 2.91. The summed E-state index contributed by atoms with van der Waals surface area (Å²) in [5.41, 5.74) is 3.05. The molecular weight excluding hydrogens is 388 g/mol. The fraction of sp³-hybridized carbons (Fsp3) is 0.400. The molecule has 6 heteroatoms. The molecule has 156 valence electrons. The number of amides is 1. The Kier molecular flexibility index (Phi) is 4.70. The number of rotatable bonds is 2. The predicted molar refractivity (Wildman–Crippen MR) is 114 cm³/mol. The first-order chi connectivity index (χ1) is 15.1. The van der Waals surface area contributed by atoms with Crippen LogP contribution in [0.15, 0.2) is 48.4 Å². The molecule has 2 aliphatic carbocycles. The minimum absolute atomic E-state index is 0.000339. The van der Waals surface area contributed by atoms with E-state index >= 15 is 0 Å². The summed E-state index contributed by atoms with van der Waals surface area (Å²) in [7, 11) is 0. The maximum Gasteiger partial charge on any atom is 0.253 e. The third-order valence-corrected chi connectivity index (χ3v) is 7.27. The first kappa shape index (κ1) is 19.6. The molecule has 6 nitrogen and oxygen atoms in total. The molecule has 0 radical (unpaired) electrons. The monoisotopic (exact) mass is 412 g/mol. The van der Waals surface area contributed by atoms with Crippen LogP contribution >= 0.6 is 0 Å². The van der Waals surface area contributed by atoms with Crippen molar-refractivity contribution in [3.63, 3.8) is 0 Å². The summed E-state index contributed by atoms with van der Waals surface area (Å²) in [4.78, 5) is 36.4. The number of ketones is 1. The number of hydrogen-bond acceptors (Lipinski definition) is 5. The van der Waals surface area contributed by atoms with Gasteiger partial charge in [-0.1, -0.05) is 19.1 Å². The van der Waals surface area contributed by atoms with Crippen LogP contribution in [-0.2, 0) is 16.6 Å². The lowest BCUT2D eigenvalue weighted by atomic mass is 9.54. The van der Waals surface area contributed by atoms with Crippen LogP contribution in [-0.4, -0.2) is 39.6 Å². The maximum absolute atomic E-state index is 12.8. The van der Waals surface area contributed by atoms with E-state index in [0.29, 0.717) is 5.56 Å². The van der Waals surface area contributed by atoms with Crippen molar-refractivity contribution in [1.82, 2.24) is 14.9 Å². The number of benzene rings is 1. The van der Waals surface area contributed by atoms with Gasteiger partial charge < -0.3 is 4.90 Å². The minimum atomic E-state index is -0.676. The highest BCUT2D eigenvalue weighted by Crippen LogP contribution is 2.52. The van der Waals surface area contributed by atoms with E-state index in [1.54, 1.807) is 0 Å². The average molecular weight is 412 g/mol. The fourth-order valence-corrected chi connectivity index (χ4v) is 5.69. The van der Waals surface area contributed by atoms with Crippen molar-refractivity contribution in [2.24, 2.45) is 11.8 Å². The Balaban J connectivity index is 1.66. The Bertz CT molecular complexity index is 1120. The molecule has 1 amide bonds. The third-order valence-electron chi connectivity index (χ3n) is 7.27. The van der Waals surface area contributed by atoms with Gasteiger partial charge in [0.25, 0.3) is 5.91 Å². The molecule has 0 N–H and O–H groups in total. The summed E-state index contributed by atoms with van der Waals surface area (Å²) in [6.45, 7) is 3.54. The molecule has 1 saturated heterocycles.